The van der Waals surface area contributed by atoms with Gasteiger partial charge in [-0.1, -0.05) is 12.8 Å². The van der Waals surface area contributed by atoms with Gasteiger partial charge < -0.3 is 4.42 Å². The third kappa shape index (κ3) is 1.20. The van der Waals surface area contributed by atoms with E-state index in [1.165, 1.54) is 25.7 Å². The van der Waals surface area contributed by atoms with Gasteiger partial charge in [0.15, 0.2) is 11.5 Å². The van der Waals surface area contributed by atoms with Crippen molar-refractivity contribution in [3.05, 3.63) is 24.4 Å². The molecule has 0 aliphatic heterocycles. The van der Waals surface area contributed by atoms with Gasteiger partial charge in [0.1, 0.15) is 5.52 Å². The van der Waals surface area contributed by atoms with E-state index in [0.717, 1.165) is 17.0 Å². The minimum absolute atomic E-state index is 0.544. The lowest BCUT2D eigenvalue weighted by molar-refractivity contribution is 0.474. The highest BCUT2D eigenvalue weighted by Gasteiger charge is 2.22. The predicted octanol–water partition coefficient (Wildman–Crippen LogP) is 2.88. The van der Waals surface area contributed by atoms with Gasteiger partial charge in [0.25, 0.3) is 0 Å². The first-order chi connectivity index (χ1) is 6.93. The minimum Gasteiger partial charge on any atom is -0.440 e. The molecule has 0 aromatic carbocycles. The maximum Gasteiger partial charge on any atom is 0.198 e. The van der Waals surface area contributed by atoms with E-state index < -0.39 is 0 Å². The van der Waals surface area contributed by atoms with Crippen molar-refractivity contribution in [3.63, 3.8) is 0 Å². The molecule has 0 bridgehead atoms. The van der Waals surface area contributed by atoms with E-state index in [-0.39, 0.29) is 0 Å². The third-order valence-corrected chi connectivity index (χ3v) is 2.91. The topological polar surface area (TPSA) is 38.9 Å². The molecule has 14 heavy (non-hydrogen) atoms. The highest BCUT2D eigenvalue weighted by molar-refractivity contribution is 5.70. The number of fused-ring (bicyclic) bond motifs is 1. The van der Waals surface area contributed by atoms with Crippen LogP contribution in [-0.4, -0.2) is 9.97 Å². The molecule has 0 amide bonds. The summed E-state index contributed by atoms with van der Waals surface area (Å²) in [6.07, 6.45) is 8.56. The van der Waals surface area contributed by atoms with Crippen LogP contribution in [0.3, 0.4) is 0 Å². The molecule has 0 N–H and O–H groups in total. The molecule has 1 saturated carbocycles. The molecule has 1 fully saturated rings. The molecule has 3 nitrogen and oxygen atoms in total. The molecule has 2 heterocycles. The molecule has 3 rings (SSSR count). The number of aromatic nitrogens is 2. The zero-order valence-corrected chi connectivity index (χ0v) is 7.94. The van der Waals surface area contributed by atoms with Gasteiger partial charge in [-0.3, -0.25) is 4.98 Å². The number of hydrogen-bond donors (Lipinski definition) is 0. The Morgan fingerprint density at radius 3 is 2.93 bits per heavy atom. The molecule has 3 heteroatoms. The molecule has 1 aliphatic rings. The summed E-state index contributed by atoms with van der Waals surface area (Å²) in [5, 5.41) is 0. The van der Waals surface area contributed by atoms with Gasteiger partial charge in [-0.15, -0.1) is 0 Å². The van der Waals surface area contributed by atoms with Crippen LogP contribution >= 0.6 is 0 Å². The van der Waals surface area contributed by atoms with Crippen LogP contribution in [0, 0.1) is 0 Å². The first-order valence-electron chi connectivity index (χ1n) is 5.14. The molecule has 1 aliphatic carbocycles. The van der Waals surface area contributed by atoms with E-state index in [0.29, 0.717) is 5.92 Å². The van der Waals surface area contributed by atoms with Crippen LogP contribution in [0.1, 0.15) is 37.5 Å². The van der Waals surface area contributed by atoms with Crippen molar-refractivity contribution in [1.82, 2.24) is 9.97 Å². The Morgan fingerprint density at radius 2 is 2.14 bits per heavy atom. The van der Waals surface area contributed by atoms with Crippen molar-refractivity contribution >= 4 is 11.1 Å². The van der Waals surface area contributed by atoms with Crippen LogP contribution in [-0.2, 0) is 0 Å². The lowest BCUT2D eigenvalue weighted by Crippen LogP contribution is -1.90. The van der Waals surface area contributed by atoms with Crippen molar-refractivity contribution < 1.29 is 4.42 Å². The zero-order chi connectivity index (χ0) is 9.38. The number of pyridine rings is 1. The highest BCUT2D eigenvalue weighted by atomic mass is 16.3. The van der Waals surface area contributed by atoms with Crippen LogP contribution < -0.4 is 0 Å². The monoisotopic (exact) mass is 188 g/mol. The van der Waals surface area contributed by atoms with Gasteiger partial charge >= 0.3 is 0 Å². The van der Waals surface area contributed by atoms with Gasteiger partial charge in [-0.05, 0) is 12.8 Å². The summed E-state index contributed by atoms with van der Waals surface area (Å²) < 4.78 is 5.70. The van der Waals surface area contributed by atoms with Crippen molar-refractivity contribution in [2.45, 2.75) is 31.6 Å². The summed E-state index contributed by atoms with van der Waals surface area (Å²) >= 11 is 0. The number of hydrogen-bond acceptors (Lipinski definition) is 3. The largest absolute Gasteiger partial charge is 0.440 e. The first kappa shape index (κ1) is 7.97. The molecule has 2 aromatic heterocycles. The lowest BCUT2D eigenvalue weighted by atomic mass is 10.1. The van der Waals surface area contributed by atoms with Crippen molar-refractivity contribution in [3.8, 4) is 0 Å². The Bertz CT molecular complexity index is 410. The van der Waals surface area contributed by atoms with E-state index in [2.05, 4.69) is 9.97 Å². The van der Waals surface area contributed by atoms with E-state index in [1.54, 1.807) is 12.4 Å². The summed E-state index contributed by atoms with van der Waals surface area (Å²) in [6.45, 7) is 0. The summed E-state index contributed by atoms with van der Waals surface area (Å²) in [4.78, 5) is 8.50. The van der Waals surface area contributed by atoms with E-state index in [4.69, 9.17) is 4.42 Å². The summed E-state index contributed by atoms with van der Waals surface area (Å²) in [6, 6.07) is 1.88. The molecule has 2 aromatic rings. The Hall–Kier alpha value is -1.38. The summed E-state index contributed by atoms with van der Waals surface area (Å²) in [5.41, 5.74) is 1.75. The second-order valence-corrected chi connectivity index (χ2v) is 3.88. The van der Waals surface area contributed by atoms with Gasteiger partial charge in [-0.25, -0.2) is 4.98 Å². The van der Waals surface area contributed by atoms with Crippen LogP contribution in [0.4, 0.5) is 0 Å². The number of rotatable bonds is 1. The second kappa shape index (κ2) is 3.08. The average molecular weight is 188 g/mol. The molecule has 72 valence electrons. The fourth-order valence-electron chi connectivity index (χ4n) is 2.15. The fraction of sp³-hybridized carbons (Fsp3) is 0.455. The molecular weight excluding hydrogens is 176 g/mol. The van der Waals surface area contributed by atoms with Crippen molar-refractivity contribution in [2.24, 2.45) is 0 Å². The second-order valence-electron chi connectivity index (χ2n) is 3.88. The Morgan fingerprint density at radius 1 is 1.29 bits per heavy atom. The van der Waals surface area contributed by atoms with E-state index in [9.17, 15) is 0 Å². The molecular formula is C11H12N2O. The smallest absolute Gasteiger partial charge is 0.198 e. The van der Waals surface area contributed by atoms with Gasteiger partial charge in [0.05, 0.1) is 6.20 Å². The van der Waals surface area contributed by atoms with E-state index >= 15 is 0 Å². The first-order valence-corrected chi connectivity index (χ1v) is 5.14. The van der Waals surface area contributed by atoms with Gasteiger partial charge in [0, 0.05) is 18.2 Å². The molecule has 0 radical (unpaired) electrons. The third-order valence-electron chi connectivity index (χ3n) is 2.91. The van der Waals surface area contributed by atoms with Crippen LogP contribution in [0.25, 0.3) is 11.1 Å². The number of oxazole rings is 1. The normalized spacial score (nSPS) is 18.0. The van der Waals surface area contributed by atoms with Crippen LogP contribution in [0.2, 0.25) is 0 Å². The lowest BCUT2D eigenvalue weighted by Gasteiger charge is -2.00. The molecule has 0 spiro atoms. The Kier molecular flexibility index (Phi) is 1.76. The average Bonchev–Trinajstić information content (AvgIpc) is 2.86. The zero-order valence-electron chi connectivity index (χ0n) is 7.94. The van der Waals surface area contributed by atoms with Gasteiger partial charge in [-0.2, -0.15) is 0 Å². The highest BCUT2D eigenvalue weighted by Crippen LogP contribution is 2.34. The van der Waals surface area contributed by atoms with Crippen LogP contribution in [0.15, 0.2) is 22.9 Å². The number of nitrogens with zero attached hydrogens (tertiary/aromatic N) is 2. The van der Waals surface area contributed by atoms with E-state index in [1.807, 2.05) is 6.07 Å². The van der Waals surface area contributed by atoms with Gasteiger partial charge in [0.2, 0.25) is 0 Å². The van der Waals surface area contributed by atoms with Crippen LogP contribution in [0.5, 0.6) is 0 Å². The predicted molar refractivity (Wildman–Crippen MR) is 53.0 cm³/mol. The Labute approximate surface area is 82.2 Å². The Balaban J connectivity index is 2.05. The maximum absolute atomic E-state index is 5.70. The minimum atomic E-state index is 0.544. The quantitative estimate of drug-likeness (QED) is 0.690. The maximum atomic E-state index is 5.70. The standard InChI is InChI=1S/C11H12N2O/c1-2-4-8(3-1)11-13-9-7-12-6-5-10(9)14-11/h5-8H,1-4H2. The molecule has 0 saturated heterocycles. The fourth-order valence-corrected chi connectivity index (χ4v) is 2.15. The summed E-state index contributed by atoms with van der Waals surface area (Å²) in [5.74, 6) is 1.45. The SMILES string of the molecule is c1cc2oc(C3CCCC3)nc2cn1. The molecule has 0 unspecified atom stereocenters. The van der Waals surface area contributed by atoms with Crippen molar-refractivity contribution in [1.29, 1.82) is 0 Å². The summed E-state index contributed by atoms with van der Waals surface area (Å²) in [7, 11) is 0. The molecule has 0 atom stereocenters. The van der Waals surface area contributed by atoms with Crippen molar-refractivity contribution in [2.75, 3.05) is 0 Å².